The van der Waals surface area contributed by atoms with E-state index >= 15 is 0 Å². The Bertz CT molecular complexity index is 1230. The van der Waals surface area contributed by atoms with E-state index in [2.05, 4.69) is 41.6 Å². The van der Waals surface area contributed by atoms with Gasteiger partial charge in [0.2, 0.25) is 0 Å². The average molecular weight is 462 g/mol. The van der Waals surface area contributed by atoms with E-state index < -0.39 is 18.5 Å². The second-order valence-corrected chi connectivity index (χ2v) is 8.08. The monoisotopic (exact) mass is 461 g/mol. The molecule has 1 aliphatic heterocycles. The minimum absolute atomic E-state index is 0.401. The second kappa shape index (κ2) is 10.2. The van der Waals surface area contributed by atoms with Gasteiger partial charge in [-0.25, -0.2) is 4.79 Å². The lowest BCUT2D eigenvalue weighted by Gasteiger charge is -2.18. The largest absolute Gasteiger partial charge is 0.486 e. The number of nitrogens with zero attached hydrogens (tertiary/aromatic N) is 2. The molecule has 176 valence electrons. The van der Waals surface area contributed by atoms with Crippen LogP contribution in [0.15, 0.2) is 48.5 Å². The zero-order valence-corrected chi connectivity index (χ0v) is 19.5. The van der Waals surface area contributed by atoms with Crippen LogP contribution in [-0.4, -0.2) is 41.5 Å². The maximum atomic E-state index is 12.2. The number of amides is 1. The predicted molar refractivity (Wildman–Crippen MR) is 128 cm³/mol. The number of anilines is 1. The average Bonchev–Trinajstić information content (AvgIpc) is 3.09. The molecule has 3 aromatic rings. The Balaban J connectivity index is 1.31. The fourth-order valence-corrected chi connectivity index (χ4v) is 3.63. The predicted octanol–water partition coefficient (Wildman–Crippen LogP) is 3.82. The van der Waals surface area contributed by atoms with E-state index in [0.717, 1.165) is 22.5 Å². The molecule has 0 atom stereocenters. The first-order chi connectivity index (χ1) is 16.4. The number of benzene rings is 2. The molecule has 0 saturated heterocycles. The number of esters is 1. The molecule has 0 spiro atoms. The van der Waals surface area contributed by atoms with Crippen molar-refractivity contribution in [1.82, 2.24) is 9.78 Å². The summed E-state index contributed by atoms with van der Waals surface area (Å²) in [6.45, 7) is 7.10. The fraction of sp³-hybridized carbons (Fsp3) is 0.269. The molecule has 1 N–H and O–H groups in total. The Morgan fingerprint density at radius 1 is 1.06 bits per heavy atom. The second-order valence-electron chi connectivity index (χ2n) is 8.08. The molecule has 2 heterocycles. The van der Waals surface area contributed by atoms with Crippen LogP contribution in [0.4, 0.5) is 5.69 Å². The maximum absolute atomic E-state index is 12.2. The maximum Gasteiger partial charge on any atom is 0.331 e. The fourth-order valence-electron chi connectivity index (χ4n) is 3.63. The number of hydrogen-bond acceptors (Lipinski definition) is 6. The highest BCUT2D eigenvalue weighted by Gasteiger charge is 2.14. The summed E-state index contributed by atoms with van der Waals surface area (Å²) in [4.78, 5) is 24.3. The highest BCUT2D eigenvalue weighted by atomic mass is 16.6. The van der Waals surface area contributed by atoms with Gasteiger partial charge < -0.3 is 19.5 Å². The molecular formula is C26H27N3O5. The van der Waals surface area contributed by atoms with Crippen molar-refractivity contribution < 1.29 is 23.8 Å². The summed E-state index contributed by atoms with van der Waals surface area (Å²) in [7, 11) is 0. The summed E-state index contributed by atoms with van der Waals surface area (Å²) in [6, 6.07) is 13.4. The van der Waals surface area contributed by atoms with E-state index in [1.54, 1.807) is 24.3 Å². The van der Waals surface area contributed by atoms with Gasteiger partial charge in [0.15, 0.2) is 18.1 Å². The van der Waals surface area contributed by atoms with E-state index in [1.165, 1.54) is 11.6 Å². The third kappa shape index (κ3) is 5.64. The number of fused-ring (bicyclic) bond motifs is 1. The van der Waals surface area contributed by atoms with Crippen LogP contribution in [0.25, 0.3) is 6.08 Å². The van der Waals surface area contributed by atoms with Gasteiger partial charge in [-0.2, -0.15) is 5.10 Å². The molecule has 0 aliphatic carbocycles. The first-order valence-corrected chi connectivity index (χ1v) is 11.0. The molecule has 2 aromatic carbocycles. The summed E-state index contributed by atoms with van der Waals surface area (Å²) < 4.78 is 17.9. The van der Waals surface area contributed by atoms with Gasteiger partial charge in [-0.05, 0) is 44.5 Å². The lowest BCUT2D eigenvalue weighted by Crippen LogP contribution is -2.20. The molecule has 34 heavy (non-hydrogen) atoms. The van der Waals surface area contributed by atoms with Crippen LogP contribution in [0.1, 0.15) is 28.1 Å². The molecule has 1 amide bonds. The van der Waals surface area contributed by atoms with E-state index in [0.29, 0.717) is 36.9 Å². The molecular weight excluding hydrogens is 434 g/mol. The number of nitrogens with one attached hydrogen (secondary N) is 1. The van der Waals surface area contributed by atoms with Crippen LogP contribution in [0.2, 0.25) is 0 Å². The van der Waals surface area contributed by atoms with Crippen LogP contribution in [-0.2, 0) is 20.9 Å². The summed E-state index contributed by atoms with van der Waals surface area (Å²) in [5.41, 5.74) is 5.50. The van der Waals surface area contributed by atoms with Crippen molar-refractivity contribution in [3.05, 3.63) is 76.6 Å². The van der Waals surface area contributed by atoms with Gasteiger partial charge in [-0.3, -0.25) is 9.48 Å². The van der Waals surface area contributed by atoms with Crippen molar-refractivity contribution >= 4 is 23.6 Å². The van der Waals surface area contributed by atoms with Gasteiger partial charge in [-0.1, -0.05) is 29.8 Å². The first kappa shape index (κ1) is 23.1. The van der Waals surface area contributed by atoms with Crippen molar-refractivity contribution in [3.63, 3.8) is 0 Å². The summed E-state index contributed by atoms with van der Waals surface area (Å²) in [5, 5.41) is 7.27. The Hall–Kier alpha value is -4.07. The third-order valence-electron chi connectivity index (χ3n) is 5.45. The van der Waals surface area contributed by atoms with Gasteiger partial charge in [0.25, 0.3) is 5.91 Å². The minimum atomic E-state index is -0.609. The topological polar surface area (TPSA) is 91.7 Å². The Morgan fingerprint density at radius 3 is 2.56 bits per heavy atom. The van der Waals surface area contributed by atoms with E-state index in [4.69, 9.17) is 14.2 Å². The lowest BCUT2D eigenvalue weighted by atomic mass is 10.1. The van der Waals surface area contributed by atoms with Crippen molar-refractivity contribution in [3.8, 4) is 11.5 Å². The third-order valence-corrected chi connectivity index (χ3v) is 5.45. The van der Waals surface area contributed by atoms with Crippen molar-refractivity contribution in [2.45, 2.75) is 27.3 Å². The van der Waals surface area contributed by atoms with Crippen LogP contribution in [0, 0.1) is 20.8 Å². The SMILES string of the molecule is Cc1ccc(Cn2nc(C)c(/C=C/C(=O)OCC(=O)Nc3ccc4c(c3)OCCO4)c2C)cc1. The Morgan fingerprint density at radius 2 is 1.79 bits per heavy atom. The van der Waals surface area contributed by atoms with Crippen LogP contribution >= 0.6 is 0 Å². The molecule has 0 bridgehead atoms. The van der Waals surface area contributed by atoms with Gasteiger partial charge >= 0.3 is 5.97 Å². The lowest BCUT2D eigenvalue weighted by molar-refractivity contribution is -0.142. The number of rotatable bonds is 7. The summed E-state index contributed by atoms with van der Waals surface area (Å²) >= 11 is 0. The summed E-state index contributed by atoms with van der Waals surface area (Å²) in [5.74, 6) is 0.144. The van der Waals surface area contributed by atoms with Gasteiger partial charge in [0.1, 0.15) is 13.2 Å². The molecule has 1 aliphatic rings. The zero-order valence-electron chi connectivity index (χ0n) is 19.5. The standard InChI is InChI=1S/C26H27N3O5/c1-17-4-6-20(7-5-17)15-29-19(3)22(18(2)28-29)9-11-26(31)34-16-25(30)27-21-8-10-23-24(14-21)33-13-12-32-23/h4-11,14H,12-13,15-16H2,1-3H3,(H,27,30)/b11-9+. The van der Waals surface area contributed by atoms with Gasteiger partial charge in [0.05, 0.1) is 12.2 Å². The quantitative estimate of drug-likeness (QED) is 0.425. The molecule has 8 heteroatoms. The molecule has 0 radical (unpaired) electrons. The smallest absolute Gasteiger partial charge is 0.331 e. The number of aromatic nitrogens is 2. The number of carbonyl (C=O) groups excluding carboxylic acids is 2. The van der Waals surface area contributed by atoms with E-state index in [-0.39, 0.29) is 0 Å². The van der Waals surface area contributed by atoms with Gasteiger partial charge in [-0.15, -0.1) is 0 Å². The van der Waals surface area contributed by atoms with Crippen molar-refractivity contribution in [2.75, 3.05) is 25.1 Å². The number of hydrogen-bond donors (Lipinski definition) is 1. The Labute approximate surface area is 198 Å². The Kier molecular flexibility index (Phi) is 6.96. The number of aryl methyl sites for hydroxylation is 2. The molecule has 1 aromatic heterocycles. The molecule has 8 nitrogen and oxygen atoms in total. The normalized spacial score (nSPS) is 12.6. The van der Waals surface area contributed by atoms with Crippen LogP contribution < -0.4 is 14.8 Å². The van der Waals surface area contributed by atoms with Crippen LogP contribution in [0.5, 0.6) is 11.5 Å². The number of carbonyl (C=O) groups is 2. The minimum Gasteiger partial charge on any atom is -0.486 e. The van der Waals surface area contributed by atoms with E-state index in [1.807, 2.05) is 18.5 Å². The number of ether oxygens (including phenoxy) is 3. The summed E-state index contributed by atoms with van der Waals surface area (Å²) in [6.07, 6.45) is 2.98. The molecule has 4 rings (SSSR count). The van der Waals surface area contributed by atoms with Crippen molar-refractivity contribution in [1.29, 1.82) is 0 Å². The molecule has 0 fully saturated rings. The molecule has 0 saturated carbocycles. The van der Waals surface area contributed by atoms with E-state index in [9.17, 15) is 9.59 Å². The zero-order chi connectivity index (χ0) is 24.1. The highest BCUT2D eigenvalue weighted by molar-refractivity contribution is 5.95. The van der Waals surface area contributed by atoms with Gasteiger partial charge in [0, 0.05) is 29.1 Å². The molecule has 0 unspecified atom stereocenters. The first-order valence-electron chi connectivity index (χ1n) is 11.0. The van der Waals surface area contributed by atoms with Crippen LogP contribution in [0.3, 0.4) is 0 Å². The highest BCUT2D eigenvalue weighted by Crippen LogP contribution is 2.32. The van der Waals surface area contributed by atoms with Crippen molar-refractivity contribution in [2.24, 2.45) is 0 Å².